The second-order valence-corrected chi connectivity index (χ2v) is 5.81. The summed E-state index contributed by atoms with van der Waals surface area (Å²) in [5.41, 5.74) is 3.22. The number of anilines is 1. The maximum atomic E-state index is 4.89. The Hall–Kier alpha value is -1.81. The van der Waals surface area contributed by atoms with Crippen LogP contribution in [0.5, 0.6) is 0 Å². The number of allylic oxidation sites excluding steroid dienone is 1. The van der Waals surface area contributed by atoms with Crippen LogP contribution in [0.15, 0.2) is 41.0 Å². The summed E-state index contributed by atoms with van der Waals surface area (Å²) in [6.07, 6.45) is 5.31. The summed E-state index contributed by atoms with van der Waals surface area (Å²) in [6, 6.07) is 8.35. The van der Waals surface area contributed by atoms with Crippen LogP contribution in [0, 0.1) is 6.92 Å². The van der Waals surface area contributed by atoms with E-state index in [1.165, 1.54) is 11.3 Å². The van der Waals surface area contributed by atoms with E-state index in [0.717, 1.165) is 37.5 Å². The molecule has 0 saturated heterocycles. The Balaban J connectivity index is 2.25. The lowest BCUT2D eigenvalue weighted by molar-refractivity contribution is 0.405. The molecule has 0 spiro atoms. The van der Waals surface area contributed by atoms with Crippen molar-refractivity contribution in [2.45, 2.75) is 52.6 Å². The fraction of sp³-hybridized carbons (Fsp3) is 0.500. The molecule has 0 aromatic heterocycles. The normalized spacial score (nSPS) is 20.9. The number of nitrogens with zero attached hydrogens (tertiary/aromatic N) is 1. The molecule has 22 heavy (non-hydrogen) atoms. The Bertz CT molecular complexity index is 562. The van der Waals surface area contributed by atoms with Gasteiger partial charge in [0.2, 0.25) is 5.96 Å². The molecule has 4 nitrogen and oxygen atoms in total. The van der Waals surface area contributed by atoms with Crippen molar-refractivity contribution in [2.75, 3.05) is 11.9 Å². The molecule has 3 N–H and O–H groups in total. The summed E-state index contributed by atoms with van der Waals surface area (Å²) in [4.78, 5) is 4.89. The van der Waals surface area contributed by atoms with Crippen LogP contribution in [0.25, 0.3) is 0 Å². The van der Waals surface area contributed by atoms with Crippen molar-refractivity contribution in [3.05, 3.63) is 41.6 Å². The molecule has 1 aromatic carbocycles. The van der Waals surface area contributed by atoms with E-state index in [0.29, 0.717) is 0 Å². The Morgan fingerprint density at radius 2 is 2.05 bits per heavy atom. The lowest BCUT2D eigenvalue weighted by atomic mass is 10.0. The molecule has 0 aliphatic carbocycles. The van der Waals surface area contributed by atoms with E-state index in [2.05, 4.69) is 74.0 Å². The van der Waals surface area contributed by atoms with Crippen LogP contribution in [0.3, 0.4) is 0 Å². The maximum Gasteiger partial charge on any atom is 0.202 e. The van der Waals surface area contributed by atoms with Crippen LogP contribution < -0.4 is 16.0 Å². The first-order chi connectivity index (χ1) is 10.6. The Morgan fingerprint density at radius 1 is 1.23 bits per heavy atom. The van der Waals surface area contributed by atoms with Crippen LogP contribution in [-0.2, 0) is 0 Å². The number of hydrogen-bond acceptors (Lipinski definition) is 4. The minimum atomic E-state index is -0.309. The van der Waals surface area contributed by atoms with Gasteiger partial charge in [0.25, 0.3) is 0 Å². The van der Waals surface area contributed by atoms with Gasteiger partial charge < -0.3 is 10.6 Å². The Morgan fingerprint density at radius 3 is 2.68 bits per heavy atom. The van der Waals surface area contributed by atoms with Gasteiger partial charge in [0.1, 0.15) is 5.66 Å². The monoisotopic (exact) mass is 300 g/mol. The van der Waals surface area contributed by atoms with Gasteiger partial charge in [0.15, 0.2) is 0 Å². The number of benzene rings is 1. The summed E-state index contributed by atoms with van der Waals surface area (Å²) in [5.74, 6) is 0.819. The molecule has 1 atom stereocenters. The van der Waals surface area contributed by atoms with Crippen LogP contribution in [0.1, 0.15) is 45.6 Å². The van der Waals surface area contributed by atoms with Crippen molar-refractivity contribution < 1.29 is 0 Å². The average molecular weight is 300 g/mol. The van der Waals surface area contributed by atoms with Crippen molar-refractivity contribution in [1.29, 1.82) is 0 Å². The fourth-order valence-corrected chi connectivity index (χ4v) is 2.76. The molecule has 4 heteroatoms. The third-order valence-corrected chi connectivity index (χ3v) is 3.83. The molecule has 0 bridgehead atoms. The number of aryl methyl sites for hydroxylation is 1. The van der Waals surface area contributed by atoms with Gasteiger partial charge in [-0.05, 0) is 50.1 Å². The second kappa shape index (κ2) is 7.45. The SMILES string of the molecule is CCCC1=CC(CC)(NCC)N=C(Nc2cccc(C)c2)N1. The lowest BCUT2D eigenvalue weighted by Crippen LogP contribution is -2.48. The minimum absolute atomic E-state index is 0.309. The van der Waals surface area contributed by atoms with Crippen LogP contribution in [0.4, 0.5) is 5.69 Å². The number of guanidine groups is 1. The molecule has 1 aliphatic rings. The molecule has 2 rings (SSSR count). The summed E-state index contributed by atoms with van der Waals surface area (Å²) < 4.78 is 0. The zero-order valence-corrected chi connectivity index (χ0v) is 14.2. The van der Waals surface area contributed by atoms with Crippen molar-refractivity contribution in [3.8, 4) is 0 Å². The van der Waals surface area contributed by atoms with Crippen molar-refractivity contribution in [3.63, 3.8) is 0 Å². The van der Waals surface area contributed by atoms with E-state index in [-0.39, 0.29) is 5.66 Å². The first-order valence-electron chi connectivity index (χ1n) is 8.28. The zero-order chi connectivity index (χ0) is 16.0. The van der Waals surface area contributed by atoms with Gasteiger partial charge in [0.05, 0.1) is 0 Å². The standard InChI is InChI=1S/C18H28N4/c1-5-9-16-13-18(6-2,19-7-3)22-17(21-16)20-15-11-8-10-14(4)12-15/h8,10-13,19H,5-7,9H2,1-4H3,(H2,20,21,22). The van der Waals surface area contributed by atoms with Gasteiger partial charge in [-0.2, -0.15) is 0 Å². The molecule has 120 valence electrons. The third kappa shape index (κ3) is 4.10. The van der Waals surface area contributed by atoms with Gasteiger partial charge in [-0.3, -0.25) is 5.32 Å². The summed E-state index contributed by atoms with van der Waals surface area (Å²) in [7, 11) is 0. The minimum Gasteiger partial charge on any atom is -0.330 e. The van der Waals surface area contributed by atoms with E-state index in [1.54, 1.807) is 0 Å². The summed E-state index contributed by atoms with van der Waals surface area (Å²) >= 11 is 0. The number of hydrogen-bond donors (Lipinski definition) is 3. The summed E-state index contributed by atoms with van der Waals surface area (Å²) in [6.45, 7) is 9.48. The predicted octanol–water partition coefficient (Wildman–Crippen LogP) is 3.77. The number of rotatable bonds is 6. The molecular weight excluding hydrogens is 272 g/mol. The number of nitrogens with one attached hydrogen (secondary N) is 3. The molecule has 0 saturated carbocycles. The molecule has 1 aromatic rings. The zero-order valence-electron chi connectivity index (χ0n) is 14.2. The van der Waals surface area contributed by atoms with E-state index in [4.69, 9.17) is 4.99 Å². The molecule has 1 unspecified atom stereocenters. The van der Waals surface area contributed by atoms with Gasteiger partial charge in [-0.1, -0.05) is 39.3 Å². The van der Waals surface area contributed by atoms with Crippen LogP contribution in [0.2, 0.25) is 0 Å². The van der Waals surface area contributed by atoms with E-state index >= 15 is 0 Å². The molecule has 0 fully saturated rings. The predicted molar refractivity (Wildman–Crippen MR) is 95.1 cm³/mol. The van der Waals surface area contributed by atoms with Crippen molar-refractivity contribution >= 4 is 11.6 Å². The van der Waals surface area contributed by atoms with E-state index in [1.807, 2.05) is 0 Å². The number of likely N-dealkylation sites (N-methyl/N-ethyl adjacent to an activating group) is 1. The van der Waals surface area contributed by atoms with E-state index in [9.17, 15) is 0 Å². The second-order valence-electron chi connectivity index (χ2n) is 5.81. The first-order valence-corrected chi connectivity index (χ1v) is 8.28. The molecule has 0 amide bonds. The van der Waals surface area contributed by atoms with Gasteiger partial charge in [-0.25, -0.2) is 4.99 Å². The Kier molecular flexibility index (Phi) is 5.61. The Labute approximate surface area is 134 Å². The maximum absolute atomic E-state index is 4.89. The van der Waals surface area contributed by atoms with Crippen molar-refractivity contribution in [2.24, 2.45) is 4.99 Å². The highest BCUT2D eigenvalue weighted by Crippen LogP contribution is 2.22. The van der Waals surface area contributed by atoms with Crippen LogP contribution in [-0.4, -0.2) is 18.2 Å². The molecule has 1 heterocycles. The van der Waals surface area contributed by atoms with E-state index < -0.39 is 0 Å². The highest BCUT2D eigenvalue weighted by molar-refractivity contribution is 5.95. The highest BCUT2D eigenvalue weighted by Gasteiger charge is 2.28. The fourth-order valence-electron chi connectivity index (χ4n) is 2.76. The average Bonchev–Trinajstić information content (AvgIpc) is 2.47. The molecular formula is C18H28N4. The van der Waals surface area contributed by atoms with Crippen molar-refractivity contribution in [1.82, 2.24) is 10.6 Å². The highest BCUT2D eigenvalue weighted by atomic mass is 15.3. The third-order valence-electron chi connectivity index (χ3n) is 3.83. The number of aliphatic imine (C=N–C) groups is 1. The summed E-state index contributed by atoms with van der Waals surface area (Å²) in [5, 5.41) is 10.4. The largest absolute Gasteiger partial charge is 0.330 e. The topological polar surface area (TPSA) is 48.5 Å². The molecule has 1 aliphatic heterocycles. The quantitative estimate of drug-likeness (QED) is 0.749. The smallest absolute Gasteiger partial charge is 0.202 e. The van der Waals surface area contributed by atoms with Gasteiger partial charge >= 0.3 is 0 Å². The van der Waals surface area contributed by atoms with Crippen LogP contribution >= 0.6 is 0 Å². The van der Waals surface area contributed by atoms with Gasteiger partial charge in [-0.15, -0.1) is 0 Å². The lowest BCUT2D eigenvalue weighted by Gasteiger charge is -2.33. The molecule has 0 radical (unpaired) electrons. The van der Waals surface area contributed by atoms with Gasteiger partial charge in [0, 0.05) is 11.4 Å². The first kappa shape index (κ1) is 16.6.